The van der Waals surface area contributed by atoms with Gasteiger partial charge in [0.25, 0.3) is 0 Å². The van der Waals surface area contributed by atoms with Crippen molar-refractivity contribution < 1.29 is 8.42 Å². The summed E-state index contributed by atoms with van der Waals surface area (Å²) in [7, 11) is 1.97. The molecule has 0 spiro atoms. The van der Waals surface area contributed by atoms with Crippen LogP contribution >= 0.6 is 10.7 Å². The summed E-state index contributed by atoms with van der Waals surface area (Å²) in [6.07, 6.45) is 5.25. The number of aromatic nitrogens is 1. The summed E-state index contributed by atoms with van der Waals surface area (Å²) in [6.45, 7) is 1.94. The smallest absolute Gasteiger partial charge is 0.238 e. The van der Waals surface area contributed by atoms with E-state index in [1.54, 1.807) is 12.4 Å². The van der Waals surface area contributed by atoms with Crippen molar-refractivity contribution in [3.63, 3.8) is 0 Å². The summed E-state index contributed by atoms with van der Waals surface area (Å²) in [4.78, 5) is 4.04. The molecule has 0 aliphatic heterocycles. The van der Waals surface area contributed by atoms with Crippen LogP contribution in [0.3, 0.4) is 0 Å². The van der Waals surface area contributed by atoms with Crippen LogP contribution in [0.15, 0.2) is 18.5 Å². The van der Waals surface area contributed by atoms with Crippen molar-refractivity contribution in [3.05, 3.63) is 29.6 Å². The quantitative estimate of drug-likeness (QED) is 0.766. The lowest BCUT2D eigenvalue weighted by Crippen LogP contribution is -2.21. The van der Waals surface area contributed by atoms with Gasteiger partial charge in [0.15, 0.2) is 0 Å². The van der Waals surface area contributed by atoms with E-state index in [4.69, 9.17) is 10.7 Å². The fraction of sp³-hybridized carbons (Fsp3) is 0.500. The van der Waals surface area contributed by atoms with E-state index < -0.39 is 13.8 Å². The van der Waals surface area contributed by atoms with Crippen molar-refractivity contribution in [2.75, 3.05) is 0 Å². The van der Waals surface area contributed by atoms with Crippen LogP contribution in [0.25, 0.3) is 0 Å². The summed E-state index contributed by atoms with van der Waals surface area (Å²) in [5.74, 6) is 0. The normalized spacial score (nSPS) is 18.8. The van der Waals surface area contributed by atoms with Gasteiger partial charge in [-0.05, 0) is 37.3 Å². The van der Waals surface area contributed by atoms with E-state index in [1.807, 2.05) is 13.0 Å². The fourth-order valence-electron chi connectivity index (χ4n) is 1.73. The molecule has 0 amide bonds. The molecule has 82 valence electrons. The van der Waals surface area contributed by atoms with E-state index >= 15 is 0 Å². The molecule has 5 heteroatoms. The van der Waals surface area contributed by atoms with E-state index in [0.29, 0.717) is 19.3 Å². The minimum Gasteiger partial charge on any atom is -0.264 e. The van der Waals surface area contributed by atoms with Crippen molar-refractivity contribution in [2.24, 2.45) is 0 Å². The Labute approximate surface area is 93.9 Å². The first kappa shape index (κ1) is 10.9. The molecule has 1 aromatic rings. The number of nitrogens with zero attached hydrogens (tertiary/aromatic N) is 1. The maximum Gasteiger partial charge on any atom is 0.238 e. The monoisotopic (exact) mass is 245 g/mol. The number of aryl methyl sites for hydroxylation is 1. The average molecular weight is 246 g/mol. The summed E-state index contributed by atoms with van der Waals surface area (Å²) < 4.78 is 22.0. The third kappa shape index (κ3) is 2.16. The Morgan fingerprint density at radius 1 is 1.47 bits per heavy atom. The van der Waals surface area contributed by atoms with Crippen molar-refractivity contribution in [3.8, 4) is 0 Å². The summed E-state index contributed by atoms with van der Waals surface area (Å²) >= 11 is 0. The maximum atomic E-state index is 11.3. The molecule has 0 aromatic carbocycles. The molecule has 0 N–H and O–H groups in total. The number of pyridine rings is 1. The molecule has 1 aliphatic carbocycles. The zero-order valence-electron chi connectivity index (χ0n) is 8.40. The van der Waals surface area contributed by atoms with E-state index in [-0.39, 0.29) is 0 Å². The lowest BCUT2D eigenvalue weighted by Gasteiger charge is -2.10. The Kier molecular flexibility index (Phi) is 2.51. The second-order valence-corrected chi connectivity index (χ2v) is 7.13. The van der Waals surface area contributed by atoms with Gasteiger partial charge < -0.3 is 0 Å². The topological polar surface area (TPSA) is 47.0 Å². The standard InChI is InChI=1S/C10H12ClNO2S/c1-8-4-9(7-12-6-8)5-10(2-3-10)15(11,13)14/h4,6-7H,2-3,5H2,1H3. The third-order valence-corrected chi connectivity index (χ3v) is 5.35. The van der Waals surface area contributed by atoms with Crippen LogP contribution in [0.5, 0.6) is 0 Å². The Balaban J connectivity index is 2.24. The number of hydrogen-bond acceptors (Lipinski definition) is 3. The van der Waals surface area contributed by atoms with Gasteiger partial charge in [-0.25, -0.2) is 8.42 Å². The molecule has 0 atom stereocenters. The lowest BCUT2D eigenvalue weighted by atomic mass is 10.1. The van der Waals surface area contributed by atoms with E-state index in [1.165, 1.54) is 0 Å². The minimum atomic E-state index is -3.46. The zero-order valence-corrected chi connectivity index (χ0v) is 9.98. The molecule has 1 fully saturated rings. The average Bonchev–Trinajstić information content (AvgIpc) is 2.84. The second-order valence-electron chi connectivity index (χ2n) is 4.17. The first-order chi connectivity index (χ1) is 6.93. The molecule has 3 nitrogen and oxygen atoms in total. The maximum absolute atomic E-state index is 11.3. The van der Waals surface area contributed by atoms with Crippen molar-refractivity contribution in [1.82, 2.24) is 4.98 Å². The molecular formula is C10H12ClNO2S. The molecule has 1 aliphatic rings. The first-order valence-corrected chi connectivity index (χ1v) is 7.09. The molecule has 0 bridgehead atoms. The Bertz CT molecular complexity index is 480. The van der Waals surface area contributed by atoms with E-state index in [2.05, 4.69) is 4.98 Å². The van der Waals surface area contributed by atoms with Crippen molar-refractivity contribution in [1.29, 1.82) is 0 Å². The largest absolute Gasteiger partial charge is 0.264 e. The highest BCUT2D eigenvalue weighted by molar-refractivity contribution is 8.15. The molecule has 1 aromatic heterocycles. The van der Waals surface area contributed by atoms with Crippen LogP contribution in [0.4, 0.5) is 0 Å². The first-order valence-electron chi connectivity index (χ1n) is 4.78. The lowest BCUT2D eigenvalue weighted by molar-refractivity contribution is 0.590. The molecule has 2 rings (SSSR count). The number of hydrogen-bond donors (Lipinski definition) is 0. The second kappa shape index (κ2) is 3.46. The van der Waals surface area contributed by atoms with Crippen molar-refractivity contribution >= 4 is 19.7 Å². The minimum absolute atomic E-state index is 0.480. The van der Waals surface area contributed by atoms with Gasteiger partial charge in [0.05, 0.1) is 4.75 Å². The van der Waals surface area contributed by atoms with Gasteiger partial charge in [0.2, 0.25) is 9.05 Å². The van der Waals surface area contributed by atoms with Gasteiger partial charge in [-0.2, -0.15) is 0 Å². The van der Waals surface area contributed by atoms with Crippen LogP contribution in [0.2, 0.25) is 0 Å². The van der Waals surface area contributed by atoms with Crippen LogP contribution in [-0.4, -0.2) is 18.1 Å². The fourth-order valence-corrected chi connectivity index (χ4v) is 3.29. The zero-order chi connectivity index (χ0) is 11.1. The number of halogens is 1. The van der Waals surface area contributed by atoms with Crippen LogP contribution in [0.1, 0.15) is 24.0 Å². The van der Waals surface area contributed by atoms with Gasteiger partial charge in [-0.1, -0.05) is 6.07 Å². The summed E-state index contributed by atoms with van der Waals surface area (Å²) in [5.41, 5.74) is 1.98. The predicted octanol–water partition coefficient (Wildman–Crippen LogP) is 2.03. The molecule has 1 saturated carbocycles. The summed E-state index contributed by atoms with van der Waals surface area (Å²) in [5, 5.41) is 0. The van der Waals surface area contributed by atoms with Crippen LogP contribution in [-0.2, 0) is 15.5 Å². The SMILES string of the molecule is Cc1cncc(CC2(S(=O)(=O)Cl)CC2)c1. The van der Waals surface area contributed by atoms with E-state index in [0.717, 1.165) is 11.1 Å². The van der Waals surface area contributed by atoms with E-state index in [9.17, 15) is 8.42 Å². The van der Waals surface area contributed by atoms with Gasteiger partial charge >= 0.3 is 0 Å². The molecule has 0 unspecified atom stereocenters. The predicted molar refractivity (Wildman–Crippen MR) is 59.4 cm³/mol. The molecular weight excluding hydrogens is 234 g/mol. The highest BCUT2D eigenvalue weighted by Gasteiger charge is 2.53. The Hall–Kier alpha value is -0.610. The third-order valence-electron chi connectivity index (χ3n) is 2.78. The van der Waals surface area contributed by atoms with Gasteiger partial charge in [0.1, 0.15) is 0 Å². The molecule has 0 saturated heterocycles. The van der Waals surface area contributed by atoms with Crippen LogP contribution in [0, 0.1) is 6.92 Å². The Morgan fingerprint density at radius 3 is 2.60 bits per heavy atom. The molecule has 15 heavy (non-hydrogen) atoms. The Morgan fingerprint density at radius 2 is 2.13 bits per heavy atom. The van der Waals surface area contributed by atoms with Gasteiger partial charge in [-0.15, -0.1) is 0 Å². The van der Waals surface area contributed by atoms with Crippen LogP contribution < -0.4 is 0 Å². The van der Waals surface area contributed by atoms with Gasteiger partial charge in [0, 0.05) is 23.1 Å². The van der Waals surface area contributed by atoms with Crippen molar-refractivity contribution in [2.45, 2.75) is 30.9 Å². The molecule has 0 radical (unpaired) electrons. The molecule has 1 heterocycles. The number of rotatable bonds is 3. The highest BCUT2D eigenvalue weighted by Crippen LogP contribution is 2.48. The van der Waals surface area contributed by atoms with Gasteiger partial charge in [-0.3, -0.25) is 4.98 Å². The summed E-state index contributed by atoms with van der Waals surface area (Å²) in [6, 6.07) is 1.95. The highest BCUT2D eigenvalue weighted by atomic mass is 35.7.